The monoisotopic (exact) mass is 391 g/mol. The maximum Gasteiger partial charge on any atom is 0.340 e. The van der Waals surface area contributed by atoms with Gasteiger partial charge in [0.05, 0.1) is 16.6 Å². The standard InChI is InChI=1S/C20H17N5O2S/c1-28-19-14(9-21)13(8-16(24-19)11-6-7-11)20(26)27-10-17-23-15-5-3-2-4-12(15)18(22)25-17/h2-5,8,11H,6-7,10H2,1H3,(H2,22,23,25). The van der Waals surface area contributed by atoms with Gasteiger partial charge in [-0.05, 0) is 37.3 Å². The van der Waals surface area contributed by atoms with E-state index in [0.717, 1.165) is 23.9 Å². The molecule has 0 amide bonds. The molecule has 4 rings (SSSR count). The molecule has 0 spiro atoms. The maximum absolute atomic E-state index is 12.7. The van der Waals surface area contributed by atoms with Gasteiger partial charge in [0.15, 0.2) is 12.4 Å². The average Bonchev–Trinajstić information content (AvgIpc) is 3.56. The van der Waals surface area contributed by atoms with Crippen LogP contribution in [0.4, 0.5) is 5.82 Å². The minimum absolute atomic E-state index is 0.131. The van der Waals surface area contributed by atoms with E-state index in [-0.39, 0.29) is 17.7 Å². The van der Waals surface area contributed by atoms with Crippen molar-refractivity contribution in [1.82, 2.24) is 15.0 Å². The first kappa shape index (κ1) is 18.2. The Bertz CT molecular complexity index is 1120. The molecule has 2 aromatic heterocycles. The lowest BCUT2D eigenvalue weighted by Gasteiger charge is -2.11. The number of fused-ring (bicyclic) bond motifs is 1. The van der Waals surface area contributed by atoms with Crippen LogP contribution in [-0.4, -0.2) is 27.2 Å². The number of nitrogen functional groups attached to an aromatic ring is 1. The van der Waals surface area contributed by atoms with Gasteiger partial charge in [0, 0.05) is 17.0 Å². The molecule has 8 heteroatoms. The molecule has 0 bridgehead atoms. The highest BCUT2D eigenvalue weighted by molar-refractivity contribution is 7.98. The van der Waals surface area contributed by atoms with E-state index in [0.29, 0.717) is 28.1 Å². The molecule has 0 saturated heterocycles. The number of aromatic nitrogens is 3. The third-order valence-electron chi connectivity index (χ3n) is 4.54. The predicted molar refractivity (Wildman–Crippen MR) is 106 cm³/mol. The van der Waals surface area contributed by atoms with E-state index < -0.39 is 5.97 Å². The molecular weight excluding hydrogens is 374 g/mol. The van der Waals surface area contributed by atoms with Gasteiger partial charge in [0.25, 0.3) is 0 Å². The maximum atomic E-state index is 12.7. The summed E-state index contributed by atoms with van der Waals surface area (Å²) in [4.78, 5) is 25.8. The second-order valence-corrected chi connectivity index (χ2v) is 7.28. The number of hydrogen-bond acceptors (Lipinski definition) is 8. The third kappa shape index (κ3) is 3.49. The van der Waals surface area contributed by atoms with Gasteiger partial charge in [-0.3, -0.25) is 0 Å². The first-order chi connectivity index (χ1) is 13.6. The van der Waals surface area contributed by atoms with Crippen molar-refractivity contribution < 1.29 is 9.53 Å². The van der Waals surface area contributed by atoms with Crippen molar-refractivity contribution in [3.63, 3.8) is 0 Å². The average molecular weight is 391 g/mol. The fourth-order valence-electron chi connectivity index (χ4n) is 2.97. The summed E-state index contributed by atoms with van der Waals surface area (Å²) in [6.07, 6.45) is 3.93. The van der Waals surface area contributed by atoms with Gasteiger partial charge < -0.3 is 10.5 Å². The molecular formula is C20H17N5O2S. The van der Waals surface area contributed by atoms with E-state index in [1.807, 2.05) is 30.5 Å². The van der Waals surface area contributed by atoms with Gasteiger partial charge in [-0.1, -0.05) is 12.1 Å². The van der Waals surface area contributed by atoms with Crippen molar-refractivity contribution in [3.8, 4) is 6.07 Å². The molecule has 1 aliphatic carbocycles. The van der Waals surface area contributed by atoms with Crippen molar-refractivity contribution in [2.24, 2.45) is 0 Å². The van der Waals surface area contributed by atoms with Gasteiger partial charge in [-0.2, -0.15) is 5.26 Å². The number of pyridine rings is 1. The summed E-state index contributed by atoms with van der Waals surface area (Å²) in [5.41, 5.74) is 7.96. The van der Waals surface area contributed by atoms with Crippen LogP contribution in [0.25, 0.3) is 10.9 Å². The van der Waals surface area contributed by atoms with Crippen LogP contribution in [0, 0.1) is 11.3 Å². The molecule has 3 aromatic rings. The van der Waals surface area contributed by atoms with E-state index in [9.17, 15) is 10.1 Å². The molecule has 140 valence electrons. The number of para-hydroxylation sites is 1. The number of nitrogens with two attached hydrogens (primary N) is 1. The largest absolute Gasteiger partial charge is 0.454 e. The number of ether oxygens (including phenoxy) is 1. The number of esters is 1. The zero-order valence-electron chi connectivity index (χ0n) is 15.2. The lowest BCUT2D eigenvalue weighted by atomic mass is 10.1. The molecule has 0 unspecified atom stereocenters. The number of hydrogen-bond donors (Lipinski definition) is 1. The molecule has 1 fully saturated rings. The Kier molecular flexibility index (Phi) is 4.84. The molecule has 1 aliphatic rings. The van der Waals surface area contributed by atoms with Crippen LogP contribution in [-0.2, 0) is 11.3 Å². The highest BCUT2D eigenvalue weighted by Crippen LogP contribution is 2.40. The topological polar surface area (TPSA) is 115 Å². The summed E-state index contributed by atoms with van der Waals surface area (Å²) in [5.74, 6) is 0.406. The second kappa shape index (κ2) is 7.44. The molecule has 1 saturated carbocycles. The third-order valence-corrected chi connectivity index (χ3v) is 5.22. The minimum atomic E-state index is -0.591. The quantitative estimate of drug-likeness (QED) is 0.519. The van der Waals surface area contributed by atoms with Crippen LogP contribution < -0.4 is 5.73 Å². The van der Waals surface area contributed by atoms with Crippen molar-refractivity contribution in [2.75, 3.05) is 12.0 Å². The Morgan fingerprint density at radius 2 is 2.11 bits per heavy atom. The van der Waals surface area contributed by atoms with Gasteiger partial charge in [0.1, 0.15) is 16.9 Å². The second-order valence-electron chi connectivity index (χ2n) is 6.48. The smallest absolute Gasteiger partial charge is 0.340 e. The highest BCUT2D eigenvalue weighted by atomic mass is 32.2. The molecule has 2 heterocycles. The van der Waals surface area contributed by atoms with Crippen molar-refractivity contribution >= 4 is 34.5 Å². The fraction of sp³-hybridized carbons (Fsp3) is 0.250. The van der Waals surface area contributed by atoms with Crippen LogP contribution in [0.2, 0.25) is 0 Å². The Balaban J connectivity index is 1.60. The summed E-state index contributed by atoms with van der Waals surface area (Å²) in [6, 6.07) is 11.1. The normalized spacial score (nSPS) is 13.3. The lowest BCUT2D eigenvalue weighted by Crippen LogP contribution is -2.12. The summed E-state index contributed by atoms with van der Waals surface area (Å²) >= 11 is 1.35. The summed E-state index contributed by atoms with van der Waals surface area (Å²) in [5, 5.41) is 10.8. The summed E-state index contributed by atoms with van der Waals surface area (Å²) < 4.78 is 5.41. The molecule has 28 heavy (non-hydrogen) atoms. The first-order valence-electron chi connectivity index (χ1n) is 8.78. The Hall–Kier alpha value is -3.18. The highest BCUT2D eigenvalue weighted by Gasteiger charge is 2.29. The van der Waals surface area contributed by atoms with Crippen LogP contribution in [0.3, 0.4) is 0 Å². The van der Waals surface area contributed by atoms with Gasteiger partial charge in [-0.15, -0.1) is 11.8 Å². The number of anilines is 1. The lowest BCUT2D eigenvalue weighted by molar-refractivity contribution is 0.0461. The summed E-state index contributed by atoms with van der Waals surface area (Å²) in [7, 11) is 0. The first-order valence-corrected chi connectivity index (χ1v) is 10.0. The number of carbonyl (C=O) groups is 1. The zero-order chi connectivity index (χ0) is 19.7. The Morgan fingerprint density at radius 3 is 2.82 bits per heavy atom. The van der Waals surface area contributed by atoms with Gasteiger partial charge in [-0.25, -0.2) is 19.7 Å². The fourth-order valence-corrected chi connectivity index (χ4v) is 3.53. The SMILES string of the molecule is CSc1nc(C2CC2)cc(C(=O)OCc2nc(N)c3ccccc3n2)c1C#N. The number of thioether (sulfide) groups is 1. The molecule has 2 N–H and O–H groups in total. The van der Waals surface area contributed by atoms with Crippen LogP contribution >= 0.6 is 11.8 Å². The van der Waals surface area contributed by atoms with E-state index in [1.54, 1.807) is 6.07 Å². The number of nitriles is 1. The van der Waals surface area contributed by atoms with Crippen molar-refractivity contribution in [3.05, 3.63) is 53.0 Å². The number of carbonyl (C=O) groups excluding carboxylic acids is 1. The van der Waals surface area contributed by atoms with Crippen LogP contribution in [0.15, 0.2) is 35.4 Å². The predicted octanol–water partition coefficient (Wildman–Crippen LogP) is 3.43. The van der Waals surface area contributed by atoms with Gasteiger partial charge in [0.2, 0.25) is 0 Å². The Morgan fingerprint density at radius 1 is 1.32 bits per heavy atom. The minimum Gasteiger partial charge on any atom is -0.454 e. The van der Waals surface area contributed by atoms with Gasteiger partial charge >= 0.3 is 5.97 Å². The number of benzene rings is 1. The van der Waals surface area contributed by atoms with Crippen LogP contribution in [0.5, 0.6) is 0 Å². The molecule has 0 atom stereocenters. The molecule has 1 aromatic carbocycles. The number of nitrogens with zero attached hydrogens (tertiary/aromatic N) is 4. The van der Waals surface area contributed by atoms with Crippen molar-refractivity contribution in [1.29, 1.82) is 5.26 Å². The molecule has 7 nitrogen and oxygen atoms in total. The van der Waals surface area contributed by atoms with E-state index in [2.05, 4.69) is 21.0 Å². The molecule has 0 radical (unpaired) electrons. The molecule has 0 aliphatic heterocycles. The van der Waals surface area contributed by atoms with E-state index in [4.69, 9.17) is 10.5 Å². The number of rotatable bonds is 5. The zero-order valence-corrected chi connectivity index (χ0v) is 16.0. The van der Waals surface area contributed by atoms with E-state index in [1.165, 1.54) is 11.8 Å². The van der Waals surface area contributed by atoms with Crippen molar-refractivity contribution in [2.45, 2.75) is 30.4 Å². The summed E-state index contributed by atoms with van der Waals surface area (Å²) in [6.45, 7) is -0.131. The van der Waals surface area contributed by atoms with E-state index >= 15 is 0 Å². The van der Waals surface area contributed by atoms with Crippen LogP contribution in [0.1, 0.15) is 46.2 Å². The Labute approximate surface area is 166 Å².